The van der Waals surface area contributed by atoms with E-state index in [4.69, 9.17) is 5.73 Å². The van der Waals surface area contributed by atoms with E-state index in [0.717, 1.165) is 0 Å². The number of anilines is 2. The van der Waals surface area contributed by atoms with E-state index in [0.29, 0.717) is 16.9 Å². The van der Waals surface area contributed by atoms with Gasteiger partial charge in [0.05, 0.1) is 24.0 Å². The minimum absolute atomic E-state index is 0.365. The quantitative estimate of drug-likeness (QED) is 0.440. The molecule has 0 aromatic heterocycles. The molecule has 1 aromatic carbocycles. The summed E-state index contributed by atoms with van der Waals surface area (Å²) in [7, 11) is 5.00. The van der Waals surface area contributed by atoms with Crippen molar-refractivity contribution in [1.29, 1.82) is 0 Å². The number of nitrogens with one attached hydrogen (secondary N) is 1. The molecule has 0 aliphatic heterocycles. The standard InChI is InChI=1S/C10H15N3O2/c1-13(2)12-8-6-4-5-7(9(8)11)10(14)15-3/h4-6,12H,11H2,1-3H3. The molecule has 0 unspecified atom stereocenters. The van der Waals surface area contributed by atoms with Crippen molar-refractivity contribution in [2.75, 3.05) is 32.4 Å². The second-order valence-electron chi connectivity index (χ2n) is 3.26. The van der Waals surface area contributed by atoms with Crippen molar-refractivity contribution in [2.24, 2.45) is 0 Å². The summed E-state index contributed by atoms with van der Waals surface area (Å²) in [5.41, 5.74) is 10.2. The highest BCUT2D eigenvalue weighted by Crippen LogP contribution is 2.23. The molecule has 5 heteroatoms. The normalized spacial score (nSPS) is 10.1. The van der Waals surface area contributed by atoms with Crippen molar-refractivity contribution >= 4 is 17.3 Å². The first-order valence-corrected chi connectivity index (χ1v) is 4.47. The average Bonchev–Trinajstić information content (AvgIpc) is 2.19. The number of hydrazine groups is 1. The van der Waals surface area contributed by atoms with E-state index < -0.39 is 5.97 Å². The summed E-state index contributed by atoms with van der Waals surface area (Å²) in [5, 5.41) is 1.74. The van der Waals surface area contributed by atoms with Gasteiger partial charge in [-0.1, -0.05) is 6.07 Å². The number of nitrogens with two attached hydrogens (primary N) is 1. The van der Waals surface area contributed by atoms with Crippen LogP contribution in [0.15, 0.2) is 18.2 Å². The SMILES string of the molecule is COC(=O)c1cccc(NN(C)C)c1N. The van der Waals surface area contributed by atoms with Crippen molar-refractivity contribution in [3.8, 4) is 0 Å². The first-order valence-electron chi connectivity index (χ1n) is 4.47. The highest BCUT2D eigenvalue weighted by Gasteiger charge is 2.12. The lowest BCUT2D eigenvalue weighted by Crippen LogP contribution is -2.21. The molecule has 0 atom stereocenters. The lowest BCUT2D eigenvalue weighted by molar-refractivity contribution is 0.0602. The molecule has 0 fully saturated rings. The zero-order valence-corrected chi connectivity index (χ0v) is 9.07. The number of benzene rings is 1. The van der Waals surface area contributed by atoms with Gasteiger partial charge in [0.2, 0.25) is 0 Å². The number of hydrogen-bond acceptors (Lipinski definition) is 5. The van der Waals surface area contributed by atoms with E-state index in [-0.39, 0.29) is 0 Å². The molecule has 0 radical (unpaired) electrons. The fourth-order valence-corrected chi connectivity index (χ4v) is 1.19. The zero-order chi connectivity index (χ0) is 11.4. The molecule has 0 aliphatic carbocycles. The largest absolute Gasteiger partial charge is 0.465 e. The first kappa shape index (κ1) is 11.3. The molecule has 0 spiro atoms. The van der Waals surface area contributed by atoms with Crippen LogP contribution in [0.2, 0.25) is 0 Å². The van der Waals surface area contributed by atoms with Gasteiger partial charge >= 0.3 is 5.97 Å². The Balaban J connectivity index is 3.05. The Hall–Kier alpha value is -1.75. The molecule has 5 nitrogen and oxygen atoms in total. The Morgan fingerprint density at radius 3 is 2.67 bits per heavy atom. The molecule has 1 rings (SSSR count). The van der Waals surface area contributed by atoms with E-state index in [1.165, 1.54) is 7.11 Å². The van der Waals surface area contributed by atoms with Gasteiger partial charge in [-0.3, -0.25) is 0 Å². The summed E-state index contributed by atoms with van der Waals surface area (Å²) < 4.78 is 4.62. The molecule has 0 amide bonds. The van der Waals surface area contributed by atoms with Crippen molar-refractivity contribution in [3.63, 3.8) is 0 Å². The molecular weight excluding hydrogens is 194 g/mol. The predicted molar refractivity (Wildman–Crippen MR) is 59.5 cm³/mol. The second kappa shape index (κ2) is 4.65. The van der Waals surface area contributed by atoms with Gasteiger partial charge in [-0.25, -0.2) is 9.80 Å². The highest BCUT2D eigenvalue weighted by molar-refractivity contribution is 5.98. The molecule has 0 aliphatic rings. The van der Waals surface area contributed by atoms with Gasteiger partial charge in [0.15, 0.2) is 0 Å². The molecule has 3 N–H and O–H groups in total. The fourth-order valence-electron chi connectivity index (χ4n) is 1.19. The van der Waals surface area contributed by atoms with E-state index in [1.54, 1.807) is 23.2 Å². The van der Waals surface area contributed by atoms with Gasteiger partial charge in [0.25, 0.3) is 0 Å². The summed E-state index contributed by atoms with van der Waals surface area (Å²) in [4.78, 5) is 11.3. The van der Waals surface area contributed by atoms with Crippen molar-refractivity contribution in [3.05, 3.63) is 23.8 Å². The Morgan fingerprint density at radius 2 is 2.13 bits per heavy atom. The first-order chi connectivity index (χ1) is 7.06. The molecule has 0 saturated heterocycles. The van der Waals surface area contributed by atoms with Crippen molar-refractivity contribution in [2.45, 2.75) is 0 Å². The Morgan fingerprint density at radius 1 is 1.47 bits per heavy atom. The summed E-state index contributed by atoms with van der Waals surface area (Å²) in [6, 6.07) is 5.16. The van der Waals surface area contributed by atoms with Gasteiger partial charge in [-0.05, 0) is 12.1 Å². The lowest BCUT2D eigenvalue weighted by Gasteiger charge is -2.16. The molecule has 0 heterocycles. The number of carbonyl (C=O) groups excluding carboxylic acids is 1. The maximum Gasteiger partial charge on any atom is 0.340 e. The number of methoxy groups -OCH3 is 1. The van der Waals surface area contributed by atoms with Gasteiger partial charge in [-0.2, -0.15) is 0 Å². The van der Waals surface area contributed by atoms with Crippen LogP contribution in [0, 0.1) is 0 Å². The van der Waals surface area contributed by atoms with Crippen LogP contribution in [-0.4, -0.2) is 32.2 Å². The number of ether oxygens (including phenoxy) is 1. The van der Waals surface area contributed by atoms with Crippen molar-refractivity contribution < 1.29 is 9.53 Å². The van der Waals surface area contributed by atoms with Gasteiger partial charge < -0.3 is 15.9 Å². The second-order valence-corrected chi connectivity index (χ2v) is 3.26. The minimum Gasteiger partial charge on any atom is -0.465 e. The average molecular weight is 209 g/mol. The Labute approximate surface area is 88.8 Å². The van der Waals surface area contributed by atoms with Gasteiger partial charge in [0.1, 0.15) is 0 Å². The number of rotatable bonds is 3. The number of nitrogens with zero attached hydrogens (tertiary/aromatic N) is 1. The number of hydrogen-bond donors (Lipinski definition) is 2. The van der Waals surface area contributed by atoms with E-state index >= 15 is 0 Å². The van der Waals surface area contributed by atoms with E-state index in [9.17, 15) is 4.79 Å². The maximum atomic E-state index is 11.3. The topological polar surface area (TPSA) is 67.6 Å². The number of nitrogen functional groups attached to an aromatic ring is 1. The van der Waals surface area contributed by atoms with Crippen molar-refractivity contribution in [1.82, 2.24) is 5.01 Å². The molecule has 15 heavy (non-hydrogen) atoms. The van der Waals surface area contributed by atoms with Crippen LogP contribution in [0.3, 0.4) is 0 Å². The highest BCUT2D eigenvalue weighted by atomic mass is 16.5. The van der Waals surface area contributed by atoms with Gasteiger partial charge in [0, 0.05) is 14.1 Å². The molecule has 1 aromatic rings. The van der Waals surface area contributed by atoms with Crippen LogP contribution in [0.25, 0.3) is 0 Å². The summed E-state index contributed by atoms with van der Waals surface area (Å²) >= 11 is 0. The van der Waals surface area contributed by atoms with Crippen LogP contribution in [0.4, 0.5) is 11.4 Å². The Kier molecular flexibility index (Phi) is 3.51. The molecule has 0 saturated carbocycles. The van der Waals surface area contributed by atoms with E-state index in [1.807, 2.05) is 14.1 Å². The molecule has 0 bridgehead atoms. The summed E-state index contributed by atoms with van der Waals surface area (Å²) in [6.07, 6.45) is 0. The third-order valence-electron chi connectivity index (χ3n) is 1.86. The zero-order valence-electron chi connectivity index (χ0n) is 9.07. The number of esters is 1. The van der Waals surface area contributed by atoms with Crippen LogP contribution in [-0.2, 0) is 4.74 Å². The summed E-state index contributed by atoms with van der Waals surface area (Å²) in [6.45, 7) is 0. The predicted octanol–water partition coefficient (Wildman–Crippen LogP) is 0.944. The number of para-hydroxylation sites is 1. The maximum absolute atomic E-state index is 11.3. The fraction of sp³-hybridized carbons (Fsp3) is 0.300. The number of carbonyl (C=O) groups is 1. The van der Waals surface area contributed by atoms with E-state index in [2.05, 4.69) is 10.2 Å². The minimum atomic E-state index is -0.435. The van der Waals surface area contributed by atoms with Crippen LogP contribution >= 0.6 is 0 Å². The van der Waals surface area contributed by atoms with Crippen LogP contribution in [0.5, 0.6) is 0 Å². The lowest BCUT2D eigenvalue weighted by atomic mass is 10.1. The molecule has 82 valence electrons. The Bertz CT molecular complexity index is 364. The van der Waals surface area contributed by atoms with Gasteiger partial charge in [-0.15, -0.1) is 0 Å². The third-order valence-corrected chi connectivity index (χ3v) is 1.86. The van der Waals surface area contributed by atoms with Crippen LogP contribution < -0.4 is 11.2 Å². The third kappa shape index (κ3) is 2.60. The smallest absolute Gasteiger partial charge is 0.340 e. The summed E-state index contributed by atoms with van der Waals surface area (Å²) in [5.74, 6) is -0.435. The molecular formula is C10H15N3O2. The monoisotopic (exact) mass is 209 g/mol. The van der Waals surface area contributed by atoms with Crippen LogP contribution in [0.1, 0.15) is 10.4 Å².